The number of nitrogens with one attached hydrogen (secondary N) is 3. The molecule has 166 valence electrons. The van der Waals surface area contributed by atoms with E-state index in [9.17, 15) is 9.59 Å². The number of benzene rings is 1. The molecule has 8 heteroatoms. The summed E-state index contributed by atoms with van der Waals surface area (Å²) in [6.45, 7) is 13.0. The van der Waals surface area contributed by atoms with Gasteiger partial charge in [0.25, 0.3) is 0 Å². The van der Waals surface area contributed by atoms with Crippen molar-refractivity contribution in [2.75, 3.05) is 31.1 Å². The van der Waals surface area contributed by atoms with Crippen LogP contribution in [0.1, 0.15) is 47.1 Å². The predicted octanol–water partition coefficient (Wildman–Crippen LogP) is 2.43. The summed E-state index contributed by atoms with van der Waals surface area (Å²) in [4.78, 5) is 31.0. The normalized spacial score (nSPS) is 14.2. The van der Waals surface area contributed by atoms with E-state index in [1.54, 1.807) is 4.90 Å². The molecular weight excluding hydrogens is 382 g/mol. The molecule has 1 aromatic rings. The van der Waals surface area contributed by atoms with Crippen LogP contribution in [0.3, 0.4) is 0 Å². The highest BCUT2D eigenvalue weighted by atomic mass is 16.6. The molecule has 2 amide bonds. The highest BCUT2D eigenvalue weighted by Gasteiger charge is 2.26. The Bertz CT molecular complexity index is 783. The Balaban J connectivity index is 1.92. The van der Waals surface area contributed by atoms with E-state index in [0.717, 1.165) is 12.1 Å². The lowest BCUT2D eigenvalue weighted by Crippen LogP contribution is -2.54. The Morgan fingerprint density at radius 3 is 2.50 bits per heavy atom. The zero-order valence-electron chi connectivity index (χ0n) is 19.0. The Labute approximate surface area is 179 Å². The molecule has 8 nitrogen and oxygen atoms in total. The highest BCUT2D eigenvalue weighted by Crippen LogP contribution is 2.27. The van der Waals surface area contributed by atoms with E-state index in [-0.39, 0.29) is 12.5 Å². The largest absolute Gasteiger partial charge is 0.444 e. The summed E-state index contributed by atoms with van der Waals surface area (Å²) in [6.07, 6.45) is 0.396. The molecule has 0 unspecified atom stereocenters. The van der Waals surface area contributed by atoms with Crippen LogP contribution in [0.15, 0.2) is 29.3 Å². The first-order chi connectivity index (χ1) is 14.0. The van der Waals surface area contributed by atoms with E-state index in [1.165, 1.54) is 5.56 Å². The van der Waals surface area contributed by atoms with Crippen molar-refractivity contribution in [1.29, 1.82) is 0 Å². The fourth-order valence-electron chi connectivity index (χ4n) is 3.10. The third kappa shape index (κ3) is 7.24. The molecule has 3 N–H and O–H groups in total. The van der Waals surface area contributed by atoms with Crippen LogP contribution < -0.4 is 20.9 Å². The highest BCUT2D eigenvalue weighted by molar-refractivity contribution is 5.98. The maximum Gasteiger partial charge on any atom is 0.408 e. The van der Waals surface area contributed by atoms with Gasteiger partial charge in [0.15, 0.2) is 5.96 Å². The van der Waals surface area contributed by atoms with Crippen LogP contribution in [0.4, 0.5) is 10.5 Å². The monoisotopic (exact) mass is 417 g/mol. The molecule has 0 fully saturated rings. The first-order valence-electron chi connectivity index (χ1n) is 10.4. The number of fused-ring (bicyclic) bond motifs is 1. The molecule has 1 aromatic carbocycles. The molecule has 0 saturated carbocycles. The molecule has 0 saturated heterocycles. The molecule has 30 heavy (non-hydrogen) atoms. The summed E-state index contributed by atoms with van der Waals surface area (Å²) in [5.41, 5.74) is 1.03. The second-order valence-corrected chi connectivity index (χ2v) is 8.98. The number of rotatable bonds is 6. The first-order valence-corrected chi connectivity index (χ1v) is 10.4. The second kappa shape index (κ2) is 9.82. The van der Waals surface area contributed by atoms with Gasteiger partial charge in [-0.25, -0.2) is 9.79 Å². The van der Waals surface area contributed by atoms with Crippen LogP contribution in [0.2, 0.25) is 0 Å². The van der Waals surface area contributed by atoms with E-state index in [1.807, 2.05) is 59.7 Å². The molecule has 0 atom stereocenters. The Kier molecular flexibility index (Phi) is 7.70. The van der Waals surface area contributed by atoms with Gasteiger partial charge in [-0.1, -0.05) is 18.2 Å². The molecule has 0 aliphatic carbocycles. The van der Waals surface area contributed by atoms with Gasteiger partial charge in [-0.05, 0) is 59.6 Å². The van der Waals surface area contributed by atoms with Gasteiger partial charge in [-0.2, -0.15) is 0 Å². The van der Waals surface area contributed by atoms with E-state index in [2.05, 4.69) is 27.0 Å². The number of amides is 2. The van der Waals surface area contributed by atoms with Crippen LogP contribution in [-0.4, -0.2) is 55.3 Å². The van der Waals surface area contributed by atoms with Crippen molar-refractivity contribution >= 4 is 23.6 Å². The minimum Gasteiger partial charge on any atom is -0.444 e. The van der Waals surface area contributed by atoms with Gasteiger partial charge < -0.3 is 25.6 Å². The number of alkyl carbamates (subject to hydrolysis) is 1. The van der Waals surface area contributed by atoms with Crippen LogP contribution in [0, 0.1) is 0 Å². The first kappa shape index (κ1) is 23.5. The summed E-state index contributed by atoms with van der Waals surface area (Å²) in [5.74, 6) is 0.487. The number of hydrogen-bond donors (Lipinski definition) is 3. The molecule has 1 aliphatic heterocycles. The summed E-state index contributed by atoms with van der Waals surface area (Å²) in [6, 6.07) is 7.96. The molecule has 2 rings (SSSR count). The van der Waals surface area contributed by atoms with Crippen LogP contribution in [0.5, 0.6) is 0 Å². The molecular formula is C22H35N5O3. The standard InChI is InChI=1S/C22H35N5O3/c1-7-23-19(25-15-22(5,6)26-20(29)30-21(2,3)4)24-14-18(28)27-13-12-16-10-8-9-11-17(16)27/h8-11H,7,12-15H2,1-6H3,(H,26,29)(H2,23,24,25). The second-order valence-electron chi connectivity index (χ2n) is 8.98. The van der Waals surface area contributed by atoms with Gasteiger partial charge in [0.05, 0.1) is 5.54 Å². The van der Waals surface area contributed by atoms with Gasteiger partial charge in [0.1, 0.15) is 12.1 Å². The molecule has 0 aromatic heterocycles. The zero-order chi connectivity index (χ0) is 22.4. The van der Waals surface area contributed by atoms with Crippen molar-refractivity contribution in [3.05, 3.63) is 29.8 Å². The quantitative estimate of drug-likeness (QED) is 0.488. The molecule has 1 aliphatic rings. The molecule has 0 bridgehead atoms. The Morgan fingerprint density at radius 1 is 1.13 bits per heavy atom. The van der Waals surface area contributed by atoms with Gasteiger partial charge in [0, 0.05) is 25.3 Å². The Morgan fingerprint density at radius 2 is 1.83 bits per heavy atom. The zero-order valence-corrected chi connectivity index (χ0v) is 19.0. The number of hydrogen-bond acceptors (Lipinski definition) is 4. The lowest BCUT2D eigenvalue weighted by atomic mass is 10.1. The third-order valence-electron chi connectivity index (χ3n) is 4.44. The van der Waals surface area contributed by atoms with Gasteiger partial charge in [0.2, 0.25) is 5.91 Å². The number of anilines is 1. The molecule has 0 spiro atoms. The van der Waals surface area contributed by atoms with E-state index in [4.69, 9.17) is 4.74 Å². The van der Waals surface area contributed by atoms with E-state index < -0.39 is 17.2 Å². The van der Waals surface area contributed by atoms with Crippen molar-refractivity contribution in [3.8, 4) is 0 Å². The molecule has 1 heterocycles. The van der Waals surface area contributed by atoms with E-state index >= 15 is 0 Å². The minimum absolute atomic E-state index is 0.0386. The van der Waals surface area contributed by atoms with Gasteiger partial charge >= 0.3 is 6.09 Å². The minimum atomic E-state index is -0.573. The van der Waals surface area contributed by atoms with Crippen molar-refractivity contribution < 1.29 is 14.3 Å². The Hall–Kier alpha value is -2.77. The van der Waals surface area contributed by atoms with Gasteiger partial charge in [-0.15, -0.1) is 0 Å². The van der Waals surface area contributed by atoms with E-state index in [0.29, 0.717) is 25.6 Å². The van der Waals surface area contributed by atoms with Crippen molar-refractivity contribution in [1.82, 2.24) is 16.0 Å². The van der Waals surface area contributed by atoms with Crippen molar-refractivity contribution in [2.24, 2.45) is 4.99 Å². The maximum absolute atomic E-state index is 12.7. The summed E-state index contributed by atoms with van der Waals surface area (Å²) in [7, 11) is 0. The van der Waals surface area contributed by atoms with Gasteiger partial charge in [-0.3, -0.25) is 4.79 Å². The van der Waals surface area contributed by atoms with Crippen LogP contribution in [-0.2, 0) is 16.0 Å². The summed E-state index contributed by atoms with van der Waals surface area (Å²) >= 11 is 0. The SMILES string of the molecule is CCNC(=NCC(=O)N1CCc2ccccc21)NCC(C)(C)NC(=O)OC(C)(C)C. The predicted molar refractivity (Wildman–Crippen MR) is 120 cm³/mol. The smallest absolute Gasteiger partial charge is 0.408 e. The number of aliphatic imine (C=N–C) groups is 1. The molecule has 0 radical (unpaired) electrons. The number of carbonyl (C=O) groups is 2. The number of guanidine groups is 1. The lowest BCUT2D eigenvalue weighted by molar-refractivity contribution is -0.117. The maximum atomic E-state index is 12.7. The number of ether oxygens (including phenoxy) is 1. The van der Waals surface area contributed by atoms with Crippen molar-refractivity contribution in [2.45, 2.75) is 59.1 Å². The fourth-order valence-corrected chi connectivity index (χ4v) is 3.10. The average molecular weight is 418 g/mol. The topological polar surface area (TPSA) is 95.1 Å². The lowest BCUT2D eigenvalue weighted by Gasteiger charge is -2.29. The number of para-hydroxylation sites is 1. The van der Waals surface area contributed by atoms with Crippen molar-refractivity contribution in [3.63, 3.8) is 0 Å². The van der Waals surface area contributed by atoms with Crippen LogP contribution >= 0.6 is 0 Å². The summed E-state index contributed by atoms with van der Waals surface area (Å²) < 4.78 is 5.32. The summed E-state index contributed by atoms with van der Waals surface area (Å²) in [5, 5.41) is 9.18. The van der Waals surface area contributed by atoms with Crippen LogP contribution in [0.25, 0.3) is 0 Å². The number of carbonyl (C=O) groups excluding carboxylic acids is 2. The third-order valence-corrected chi connectivity index (χ3v) is 4.44. The number of nitrogens with zero attached hydrogens (tertiary/aromatic N) is 2. The fraction of sp³-hybridized carbons (Fsp3) is 0.591. The average Bonchev–Trinajstić information content (AvgIpc) is 3.06.